The molecule has 2 atom stereocenters. The number of rotatable bonds is 10. The molecule has 6 rings (SSSR count). The monoisotopic (exact) mass is 612 g/mol. The molecule has 0 spiro atoms. The average molecular weight is 613 g/mol. The van der Waals surface area contributed by atoms with Crippen LogP contribution in [0.5, 0.6) is 23.0 Å². The summed E-state index contributed by atoms with van der Waals surface area (Å²) in [5, 5.41) is 5.83. The zero-order valence-corrected chi connectivity index (χ0v) is 26.7. The second kappa shape index (κ2) is 13.4. The van der Waals surface area contributed by atoms with Gasteiger partial charge in [0.2, 0.25) is 0 Å². The summed E-state index contributed by atoms with van der Waals surface area (Å²) >= 11 is 0. The van der Waals surface area contributed by atoms with Crippen molar-refractivity contribution in [1.82, 2.24) is 10.2 Å². The maximum absolute atomic E-state index is 13.5. The van der Waals surface area contributed by atoms with Crippen LogP contribution in [-0.4, -0.2) is 61.8 Å². The Morgan fingerprint density at radius 1 is 0.911 bits per heavy atom. The van der Waals surface area contributed by atoms with Crippen LogP contribution in [0.1, 0.15) is 68.3 Å². The lowest BCUT2D eigenvalue weighted by Gasteiger charge is -2.36. The lowest BCUT2D eigenvalue weighted by Crippen LogP contribution is -2.43. The van der Waals surface area contributed by atoms with Crippen molar-refractivity contribution < 1.29 is 23.8 Å². The van der Waals surface area contributed by atoms with Gasteiger partial charge < -0.3 is 34.6 Å². The molecule has 0 saturated carbocycles. The number of anilines is 2. The first-order valence-corrected chi connectivity index (χ1v) is 16.2. The van der Waals surface area contributed by atoms with Crippen molar-refractivity contribution in [3.05, 3.63) is 71.8 Å². The van der Waals surface area contributed by atoms with Gasteiger partial charge in [-0.3, -0.25) is 4.79 Å². The molecule has 3 aliphatic heterocycles. The number of nitrogens with zero attached hydrogens (tertiary/aromatic N) is 2. The number of benzene rings is 3. The SMILES string of the molecule is CCC(CC)NC(=O)Nc1ccc(Oc2ccc3c(c2)CCN3C(=O)c2ccc(OC3CC4CCC(C3)N4C)cc2)c(OC)c1. The van der Waals surface area contributed by atoms with Gasteiger partial charge in [0.15, 0.2) is 11.5 Å². The molecule has 0 aliphatic carbocycles. The molecule has 0 radical (unpaired) electrons. The van der Waals surface area contributed by atoms with Crippen molar-refractivity contribution in [1.29, 1.82) is 0 Å². The normalized spacial score (nSPS) is 20.6. The van der Waals surface area contributed by atoms with Crippen LogP contribution < -0.4 is 29.7 Å². The summed E-state index contributed by atoms with van der Waals surface area (Å²) < 4.78 is 18.1. The maximum Gasteiger partial charge on any atom is 0.319 e. The Morgan fingerprint density at radius 2 is 1.62 bits per heavy atom. The molecule has 2 unspecified atom stereocenters. The molecule has 2 saturated heterocycles. The molecular formula is C36H44N4O5. The Labute approximate surface area is 265 Å². The van der Waals surface area contributed by atoms with E-state index in [0.717, 1.165) is 49.1 Å². The van der Waals surface area contributed by atoms with E-state index in [2.05, 4.69) is 22.6 Å². The highest BCUT2D eigenvalue weighted by Gasteiger charge is 2.39. The lowest BCUT2D eigenvalue weighted by atomic mass is 10.0. The third kappa shape index (κ3) is 6.73. The number of nitrogens with one attached hydrogen (secondary N) is 2. The van der Waals surface area contributed by atoms with Gasteiger partial charge in [-0.05, 0) is 112 Å². The Morgan fingerprint density at radius 3 is 2.31 bits per heavy atom. The van der Waals surface area contributed by atoms with Crippen molar-refractivity contribution in [2.45, 2.75) is 83.0 Å². The molecule has 2 fully saturated rings. The number of amides is 3. The Hall–Kier alpha value is -4.24. The Balaban J connectivity index is 1.07. The summed E-state index contributed by atoms with van der Waals surface area (Å²) in [5.74, 6) is 2.49. The largest absolute Gasteiger partial charge is 0.493 e. The van der Waals surface area contributed by atoms with Gasteiger partial charge in [-0.25, -0.2) is 4.79 Å². The van der Waals surface area contributed by atoms with Crippen molar-refractivity contribution in [2.75, 3.05) is 30.9 Å². The molecule has 0 aromatic heterocycles. The fourth-order valence-corrected chi connectivity index (χ4v) is 6.94. The van der Waals surface area contributed by atoms with E-state index in [1.807, 2.05) is 61.2 Å². The molecule has 3 aromatic rings. The minimum Gasteiger partial charge on any atom is -0.493 e. The fourth-order valence-electron chi connectivity index (χ4n) is 6.94. The number of fused-ring (bicyclic) bond motifs is 3. The van der Waals surface area contributed by atoms with Gasteiger partial charge in [-0.15, -0.1) is 0 Å². The third-order valence-electron chi connectivity index (χ3n) is 9.62. The molecule has 9 heteroatoms. The first-order chi connectivity index (χ1) is 21.8. The summed E-state index contributed by atoms with van der Waals surface area (Å²) in [6.45, 7) is 4.70. The van der Waals surface area contributed by atoms with E-state index >= 15 is 0 Å². The van der Waals surface area contributed by atoms with Gasteiger partial charge >= 0.3 is 6.03 Å². The minimum absolute atomic E-state index is 0.0238. The fraction of sp³-hybridized carbons (Fsp3) is 0.444. The number of ether oxygens (including phenoxy) is 3. The second-order valence-electron chi connectivity index (χ2n) is 12.4. The second-order valence-corrected chi connectivity index (χ2v) is 12.4. The first kappa shape index (κ1) is 30.8. The summed E-state index contributed by atoms with van der Waals surface area (Å²) in [6, 6.07) is 19.8. The summed E-state index contributed by atoms with van der Waals surface area (Å²) in [6.07, 6.45) is 7.37. The van der Waals surface area contributed by atoms with Crippen LogP contribution in [0.15, 0.2) is 60.7 Å². The lowest BCUT2D eigenvalue weighted by molar-refractivity contribution is 0.0661. The van der Waals surface area contributed by atoms with Gasteiger partial charge in [0.1, 0.15) is 17.6 Å². The van der Waals surface area contributed by atoms with Crippen molar-refractivity contribution in [2.24, 2.45) is 0 Å². The standard InChI is InChI=1S/C36H44N4O5/c1-5-25(6-2)37-36(42)38-26-9-16-33(34(20-26)43-4)45-30-14-15-32-24(19-30)17-18-40(32)35(41)23-7-12-29(13-8-23)44-31-21-27-10-11-28(22-31)39(27)3/h7-9,12-16,19-20,25,27-28,31H,5-6,10-11,17-18,21-22H2,1-4H3,(H2,37,38,42). The number of carbonyl (C=O) groups is 2. The van der Waals surface area contributed by atoms with E-state index < -0.39 is 0 Å². The zero-order valence-electron chi connectivity index (χ0n) is 26.7. The Bertz CT molecular complexity index is 1510. The number of hydrogen-bond acceptors (Lipinski definition) is 6. The smallest absolute Gasteiger partial charge is 0.319 e. The van der Waals surface area contributed by atoms with E-state index in [9.17, 15) is 9.59 Å². The van der Waals surface area contributed by atoms with Crippen LogP contribution in [-0.2, 0) is 6.42 Å². The molecule has 2 bridgehead atoms. The van der Waals surface area contributed by atoms with Gasteiger partial charge in [0, 0.05) is 47.7 Å². The molecule has 3 aromatic carbocycles. The topological polar surface area (TPSA) is 92.4 Å². The summed E-state index contributed by atoms with van der Waals surface area (Å²) in [5.41, 5.74) is 3.20. The van der Waals surface area contributed by atoms with E-state index in [1.54, 1.807) is 25.3 Å². The predicted molar refractivity (Wildman–Crippen MR) is 176 cm³/mol. The van der Waals surface area contributed by atoms with E-state index in [4.69, 9.17) is 14.2 Å². The highest BCUT2D eigenvalue weighted by Crippen LogP contribution is 2.38. The van der Waals surface area contributed by atoms with Gasteiger partial charge in [0.05, 0.1) is 7.11 Å². The predicted octanol–water partition coefficient (Wildman–Crippen LogP) is 7.00. The van der Waals surface area contributed by atoms with E-state index in [1.165, 1.54) is 12.8 Å². The quantitative estimate of drug-likeness (QED) is 0.256. The first-order valence-electron chi connectivity index (χ1n) is 16.2. The molecule has 2 N–H and O–H groups in total. The van der Waals surface area contributed by atoms with E-state index in [-0.39, 0.29) is 24.1 Å². The van der Waals surface area contributed by atoms with Crippen molar-refractivity contribution in [3.8, 4) is 23.0 Å². The Kier molecular flexibility index (Phi) is 9.16. The van der Waals surface area contributed by atoms with Crippen LogP contribution in [0.3, 0.4) is 0 Å². The number of hydrogen-bond donors (Lipinski definition) is 2. The van der Waals surface area contributed by atoms with Crippen molar-refractivity contribution in [3.63, 3.8) is 0 Å². The highest BCUT2D eigenvalue weighted by molar-refractivity contribution is 6.07. The molecule has 9 nitrogen and oxygen atoms in total. The molecule has 238 valence electrons. The van der Waals surface area contributed by atoms with Crippen LogP contribution in [0.25, 0.3) is 0 Å². The molecular weight excluding hydrogens is 568 g/mol. The van der Waals surface area contributed by atoms with E-state index in [0.29, 0.717) is 47.1 Å². The van der Waals surface area contributed by atoms with Crippen LogP contribution in [0, 0.1) is 0 Å². The highest BCUT2D eigenvalue weighted by atomic mass is 16.5. The number of methoxy groups -OCH3 is 1. The molecule has 3 amide bonds. The van der Waals surface area contributed by atoms with Gasteiger partial charge in [-0.1, -0.05) is 13.8 Å². The maximum atomic E-state index is 13.5. The van der Waals surface area contributed by atoms with Crippen LogP contribution in [0.2, 0.25) is 0 Å². The molecule has 3 aliphatic rings. The van der Waals surface area contributed by atoms with Crippen molar-refractivity contribution >= 4 is 23.3 Å². The molecule has 45 heavy (non-hydrogen) atoms. The molecule has 3 heterocycles. The summed E-state index contributed by atoms with van der Waals surface area (Å²) in [7, 11) is 3.80. The van der Waals surface area contributed by atoms with Gasteiger partial charge in [0.25, 0.3) is 5.91 Å². The third-order valence-corrected chi connectivity index (χ3v) is 9.62. The van der Waals surface area contributed by atoms with Crippen LogP contribution >= 0.6 is 0 Å². The van der Waals surface area contributed by atoms with Crippen LogP contribution in [0.4, 0.5) is 16.2 Å². The minimum atomic E-state index is -0.249. The van der Waals surface area contributed by atoms with Gasteiger partial charge in [-0.2, -0.15) is 0 Å². The zero-order chi connectivity index (χ0) is 31.5. The average Bonchev–Trinajstić information content (AvgIpc) is 3.55. The summed E-state index contributed by atoms with van der Waals surface area (Å²) in [4.78, 5) is 30.2. The number of urea groups is 1. The number of piperidine rings is 1. The number of carbonyl (C=O) groups excluding carboxylic acids is 2.